The number of alkyl halides is 4. The van der Waals surface area contributed by atoms with Crippen LogP contribution < -0.4 is 0 Å². The van der Waals surface area contributed by atoms with Crippen LogP contribution in [0.2, 0.25) is 12.1 Å². The highest BCUT2D eigenvalue weighted by Gasteiger charge is 2.01. The molecule has 0 amide bonds. The van der Waals surface area contributed by atoms with E-state index in [9.17, 15) is 0 Å². The lowest BCUT2D eigenvalue weighted by Gasteiger charge is -2.01. The molecule has 0 rings (SSSR count). The first kappa shape index (κ1) is 14.4. The summed E-state index contributed by atoms with van der Waals surface area (Å²) in [5.74, 6) is 0. The van der Waals surface area contributed by atoms with Crippen molar-refractivity contribution in [2.45, 2.75) is 31.6 Å². The molecule has 0 aromatic carbocycles. The van der Waals surface area contributed by atoms with Crippen LogP contribution in [0.4, 0.5) is 0 Å². The Morgan fingerprint density at radius 1 is 0.750 bits per heavy atom. The highest BCUT2D eigenvalue weighted by atomic mass is 79.9. The summed E-state index contributed by atoms with van der Waals surface area (Å²) in [7, 11) is 2.01. The highest BCUT2D eigenvalue weighted by Crippen LogP contribution is 2.12. The van der Waals surface area contributed by atoms with E-state index < -0.39 is 0 Å². The van der Waals surface area contributed by atoms with Crippen LogP contribution >= 0.6 is 63.7 Å². The largest absolute Gasteiger partial charge is 0.0809 e. The molecule has 0 heterocycles. The van der Waals surface area contributed by atoms with Crippen LogP contribution in [0.25, 0.3) is 0 Å². The zero-order valence-corrected chi connectivity index (χ0v) is 14.8. The second kappa shape index (κ2) is 9.89. The lowest BCUT2D eigenvalue weighted by atomic mass is 10.4. The van der Waals surface area contributed by atoms with Crippen LogP contribution in [0.3, 0.4) is 0 Å². The van der Waals surface area contributed by atoms with Crippen molar-refractivity contribution in [1.82, 2.24) is 0 Å². The minimum absolute atomic E-state index is 0.535. The van der Waals surface area contributed by atoms with Crippen LogP contribution in [0.15, 0.2) is 0 Å². The van der Waals surface area contributed by atoms with Gasteiger partial charge in [-0.3, -0.25) is 0 Å². The molecule has 0 nitrogen and oxygen atoms in total. The normalized spacial score (nSPS) is 11.5. The Kier molecular flexibility index (Phi) is 11.8. The number of unbranched alkanes of at least 4 members (excludes halogenated alkanes) is 1. The molecule has 0 saturated heterocycles. The third-order valence-corrected chi connectivity index (χ3v) is 6.99. The molecule has 0 fully saturated rings. The zero-order chi connectivity index (χ0) is 9.40. The molecule has 70 valence electrons. The second-order valence-corrected chi connectivity index (χ2v) is 14.7. The van der Waals surface area contributed by atoms with Crippen molar-refractivity contribution in [2.75, 3.05) is 0 Å². The van der Waals surface area contributed by atoms with Gasteiger partial charge in [0.25, 0.3) is 0 Å². The maximum atomic E-state index is 3.48. The summed E-state index contributed by atoms with van der Waals surface area (Å²) in [6, 6.07) is 2.70. The SMILES string of the molecule is BrC(Br)[Si]CCCC[Si]C(Br)Br. The lowest BCUT2D eigenvalue weighted by Crippen LogP contribution is -2.01. The summed E-state index contributed by atoms with van der Waals surface area (Å²) >= 11 is 13.9. The zero-order valence-electron chi connectivity index (χ0n) is 6.49. The third-order valence-electron chi connectivity index (χ3n) is 1.20. The third kappa shape index (κ3) is 12.4. The molecule has 0 spiro atoms. The first-order valence-electron chi connectivity index (χ1n) is 3.66. The Morgan fingerprint density at radius 2 is 1.08 bits per heavy atom. The minimum atomic E-state index is 0.535. The van der Waals surface area contributed by atoms with Crippen LogP contribution in [-0.2, 0) is 0 Å². The van der Waals surface area contributed by atoms with Gasteiger partial charge in [-0.1, -0.05) is 88.6 Å². The fraction of sp³-hybridized carbons (Fsp3) is 1.00. The van der Waals surface area contributed by atoms with Crippen molar-refractivity contribution < 1.29 is 0 Å². The smallest absolute Gasteiger partial charge is 0.0711 e. The summed E-state index contributed by atoms with van der Waals surface area (Å²) < 4.78 is 1.07. The Labute approximate surface area is 113 Å². The van der Waals surface area contributed by atoms with E-state index in [2.05, 4.69) is 63.7 Å². The summed E-state index contributed by atoms with van der Waals surface area (Å²) in [5, 5.41) is 0. The van der Waals surface area contributed by atoms with Gasteiger partial charge in [-0.2, -0.15) is 0 Å². The second-order valence-electron chi connectivity index (χ2n) is 2.22. The molecule has 0 aromatic rings. The van der Waals surface area contributed by atoms with E-state index in [0.29, 0.717) is 6.72 Å². The van der Waals surface area contributed by atoms with Gasteiger partial charge in [-0.25, -0.2) is 0 Å². The van der Waals surface area contributed by atoms with Gasteiger partial charge in [-0.15, -0.1) is 0 Å². The quantitative estimate of drug-likeness (QED) is 0.306. The van der Waals surface area contributed by atoms with Crippen LogP contribution in [0.5, 0.6) is 0 Å². The molecule has 0 N–H and O–H groups in total. The standard InChI is InChI=1S/C6H10Br4Si2/c7-5(8)11-3-1-2-4-12-6(9)10/h5-6H,1-4H2. The molecule has 0 saturated carbocycles. The highest BCUT2D eigenvalue weighted by molar-refractivity contribution is 9.25. The van der Waals surface area contributed by atoms with Crippen molar-refractivity contribution in [3.05, 3.63) is 0 Å². The van der Waals surface area contributed by atoms with E-state index in [0.717, 1.165) is 19.0 Å². The molecule has 0 bridgehead atoms. The van der Waals surface area contributed by atoms with E-state index in [1.165, 1.54) is 24.9 Å². The van der Waals surface area contributed by atoms with Gasteiger partial charge < -0.3 is 0 Å². The van der Waals surface area contributed by atoms with E-state index >= 15 is 0 Å². The number of hydrogen-bond acceptors (Lipinski definition) is 0. The van der Waals surface area contributed by atoms with Gasteiger partial charge in [-0.05, 0) is 0 Å². The van der Waals surface area contributed by atoms with Gasteiger partial charge in [0.1, 0.15) is 0 Å². The molecular weight excluding hydrogens is 448 g/mol. The molecule has 12 heavy (non-hydrogen) atoms. The summed E-state index contributed by atoms with van der Waals surface area (Å²) in [4.78, 5) is 0. The number of hydrogen-bond donors (Lipinski definition) is 0. The van der Waals surface area contributed by atoms with E-state index in [1.54, 1.807) is 0 Å². The van der Waals surface area contributed by atoms with Crippen molar-refractivity contribution in [2.24, 2.45) is 0 Å². The predicted octanol–water partition coefficient (Wildman–Crippen LogP) is 4.16. The van der Waals surface area contributed by atoms with Crippen LogP contribution in [0.1, 0.15) is 12.8 Å². The van der Waals surface area contributed by atoms with E-state index in [1.807, 2.05) is 0 Å². The summed E-state index contributed by atoms with van der Waals surface area (Å²) in [6.07, 6.45) is 2.73. The van der Waals surface area contributed by atoms with E-state index in [-0.39, 0.29) is 0 Å². The van der Waals surface area contributed by atoms with Gasteiger partial charge >= 0.3 is 0 Å². The molecular formula is C6H10Br4Si2. The van der Waals surface area contributed by atoms with Gasteiger partial charge in [0, 0.05) is 0 Å². The van der Waals surface area contributed by atoms with E-state index in [4.69, 9.17) is 0 Å². The number of halogens is 4. The number of rotatable bonds is 7. The lowest BCUT2D eigenvalue weighted by molar-refractivity contribution is 0.873. The molecule has 0 aliphatic carbocycles. The van der Waals surface area contributed by atoms with Crippen LogP contribution in [0, 0.1) is 0 Å². The fourth-order valence-corrected chi connectivity index (χ4v) is 4.76. The summed E-state index contributed by atoms with van der Waals surface area (Å²) in [5.41, 5.74) is 0. The monoisotopic (exact) mass is 454 g/mol. The molecule has 0 aliphatic heterocycles. The molecule has 0 unspecified atom stereocenters. The molecule has 0 aliphatic rings. The van der Waals surface area contributed by atoms with Crippen molar-refractivity contribution in [1.29, 1.82) is 0 Å². The van der Waals surface area contributed by atoms with Gasteiger partial charge in [0.05, 0.1) is 25.8 Å². The Morgan fingerprint density at radius 3 is 1.33 bits per heavy atom. The maximum Gasteiger partial charge on any atom is 0.0711 e. The predicted molar refractivity (Wildman–Crippen MR) is 73.6 cm³/mol. The van der Waals surface area contributed by atoms with Gasteiger partial charge in [0.15, 0.2) is 0 Å². The summed E-state index contributed by atoms with van der Waals surface area (Å²) in [6.45, 7) is 0. The van der Waals surface area contributed by atoms with Crippen molar-refractivity contribution in [3.8, 4) is 0 Å². The van der Waals surface area contributed by atoms with Crippen LogP contribution in [-0.4, -0.2) is 25.8 Å². The van der Waals surface area contributed by atoms with Crippen molar-refractivity contribution >= 4 is 82.8 Å². The average Bonchev–Trinajstić information content (AvgIpc) is 1.95. The maximum absolute atomic E-state index is 3.48. The minimum Gasteiger partial charge on any atom is -0.0809 e. The van der Waals surface area contributed by atoms with Crippen molar-refractivity contribution in [3.63, 3.8) is 0 Å². The molecule has 0 atom stereocenters. The first-order valence-corrected chi connectivity index (χ1v) is 9.89. The first-order chi connectivity index (χ1) is 5.63. The Hall–Kier alpha value is 2.35. The molecule has 4 radical (unpaired) electrons. The van der Waals surface area contributed by atoms with Gasteiger partial charge in [0.2, 0.25) is 0 Å². The fourth-order valence-electron chi connectivity index (χ4n) is 0.672. The Balaban J connectivity index is 2.91. The molecule has 0 aromatic heterocycles. The Bertz CT molecular complexity index is 87.5. The molecule has 6 heteroatoms. The average molecular weight is 458 g/mol. The topological polar surface area (TPSA) is 0 Å².